The van der Waals surface area contributed by atoms with Gasteiger partial charge in [0.2, 0.25) is 0 Å². The topological polar surface area (TPSA) is 55.7 Å². The van der Waals surface area contributed by atoms with Gasteiger partial charge in [-0.3, -0.25) is 4.90 Å². The number of aryl methyl sites for hydroxylation is 1. The Hall–Kier alpha value is -2.61. The maximum atomic E-state index is 8.94. The molecule has 5 heteroatoms. The summed E-state index contributed by atoms with van der Waals surface area (Å²) in [6.45, 7) is 5.15. The van der Waals surface area contributed by atoms with Crippen LogP contribution in [0, 0.1) is 18.3 Å². The van der Waals surface area contributed by atoms with Gasteiger partial charge in [-0.15, -0.1) is 0 Å². The number of halogens is 1. The van der Waals surface area contributed by atoms with Crippen LogP contribution in [0.3, 0.4) is 0 Å². The Kier molecular flexibility index (Phi) is 4.66. The van der Waals surface area contributed by atoms with Gasteiger partial charge in [0, 0.05) is 37.0 Å². The minimum Gasteiger partial charge on any atom is -0.340 e. The molecule has 0 unspecified atom stereocenters. The predicted octanol–water partition coefficient (Wildman–Crippen LogP) is 5.39. The monoisotopic (exact) mass is 402 g/mol. The van der Waals surface area contributed by atoms with Gasteiger partial charge >= 0.3 is 0 Å². The van der Waals surface area contributed by atoms with E-state index in [1.807, 2.05) is 12.1 Å². The predicted molar refractivity (Wildman–Crippen MR) is 115 cm³/mol. The first-order valence-electron chi connectivity index (χ1n) is 10.2. The van der Waals surface area contributed by atoms with Crippen molar-refractivity contribution in [2.45, 2.75) is 38.1 Å². The molecule has 29 heavy (non-hydrogen) atoms. The normalized spacial score (nSPS) is 17.1. The minimum absolute atomic E-state index is 0.552. The molecule has 2 aliphatic rings. The zero-order valence-corrected chi connectivity index (χ0v) is 17.2. The molecular formula is C24H23ClN4. The van der Waals surface area contributed by atoms with E-state index in [0.29, 0.717) is 17.0 Å². The summed E-state index contributed by atoms with van der Waals surface area (Å²) in [6, 6.07) is 16.8. The van der Waals surface area contributed by atoms with E-state index in [1.54, 1.807) is 0 Å². The zero-order valence-electron chi connectivity index (χ0n) is 16.5. The molecule has 2 aromatic carbocycles. The summed E-state index contributed by atoms with van der Waals surface area (Å²) in [6.07, 6.45) is 2.41. The number of nitrogens with one attached hydrogen (secondary N) is 1. The SMILES string of the molecule is Cc1ccc(CN2CC(c3ccc(C#N)cc3)C2)cc1-c1[nH]c(C2CC2)nc1Cl. The molecule has 1 aliphatic heterocycles. The molecule has 1 saturated heterocycles. The lowest BCUT2D eigenvalue weighted by Gasteiger charge is -2.39. The highest BCUT2D eigenvalue weighted by Gasteiger charge is 2.29. The van der Waals surface area contributed by atoms with Gasteiger partial charge in [0.1, 0.15) is 5.82 Å². The maximum Gasteiger partial charge on any atom is 0.155 e. The number of aromatic nitrogens is 2. The Morgan fingerprint density at radius 3 is 2.59 bits per heavy atom. The number of nitriles is 1. The molecule has 5 rings (SSSR count). The van der Waals surface area contributed by atoms with Crippen LogP contribution >= 0.6 is 11.6 Å². The Bertz CT molecular complexity index is 1080. The lowest BCUT2D eigenvalue weighted by molar-refractivity contribution is 0.139. The summed E-state index contributed by atoms with van der Waals surface area (Å²) in [4.78, 5) is 10.5. The van der Waals surface area contributed by atoms with E-state index in [4.69, 9.17) is 16.9 Å². The van der Waals surface area contributed by atoms with Crippen LogP contribution in [0.25, 0.3) is 11.3 Å². The van der Waals surface area contributed by atoms with Crippen LogP contribution in [-0.4, -0.2) is 28.0 Å². The van der Waals surface area contributed by atoms with Crippen LogP contribution in [-0.2, 0) is 6.54 Å². The van der Waals surface area contributed by atoms with Crippen LogP contribution < -0.4 is 0 Å². The van der Waals surface area contributed by atoms with Crippen LogP contribution in [0.4, 0.5) is 0 Å². The van der Waals surface area contributed by atoms with E-state index in [-0.39, 0.29) is 0 Å². The summed E-state index contributed by atoms with van der Waals surface area (Å²) in [5, 5.41) is 9.53. The fraction of sp³-hybridized carbons (Fsp3) is 0.333. The highest BCUT2D eigenvalue weighted by molar-refractivity contribution is 6.32. The fourth-order valence-electron chi connectivity index (χ4n) is 4.13. The number of nitrogens with zero attached hydrogens (tertiary/aromatic N) is 3. The molecule has 1 aromatic heterocycles. The highest BCUT2D eigenvalue weighted by atomic mass is 35.5. The number of H-pyrrole nitrogens is 1. The van der Waals surface area contributed by atoms with E-state index in [2.05, 4.69) is 58.2 Å². The van der Waals surface area contributed by atoms with E-state index in [0.717, 1.165) is 42.3 Å². The first-order chi connectivity index (χ1) is 14.1. The fourth-order valence-corrected chi connectivity index (χ4v) is 4.37. The summed E-state index contributed by atoms with van der Waals surface area (Å²) < 4.78 is 0. The molecule has 1 N–H and O–H groups in total. The van der Waals surface area contributed by atoms with Gasteiger partial charge in [0.05, 0.1) is 17.3 Å². The van der Waals surface area contributed by atoms with Crippen molar-refractivity contribution in [2.24, 2.45) is 0 Å². The van der Waals surface area contributed by atoms with Crippen molar-refractivity contribution in [3.05, 3.63) is 75.7 Å². The lowest BCUT2D eigenvalue weighted by Crippen LogP contribution is -2.44. The number of hydrogen-bond donors (Lipinski definition) is 1. The van der Waals surface area contributed by atoms with Crippen molar-refractivity contribution < 1.29 is 0 Å². The average molecular weight is 403 g/mol. The summed E-state index contributed by atoms with van der Waals surface area (Å²) in [5.74, 6) is 2.14. The second-order valence-corrected chi connectivity index (χ2v) is 8.69. The molecule has 1 aliphatic carbocycles. The Balaban J connectivity index is 1.28. The number of rotatable bonds is 5. The Labute approximate surface area is 176 Å². The zero-order chi connectivity index (χ0) is 20.0. The molecular weight excluding hydrogens is 380 g/mol. The van der Waals surface area contributed by atoms with Crippen molar-refractivity contribution in [1.82, 2.24) is 14.9 Å². The van der Waals surface area contributed by atoms with Crippen LogP contribution in [0.5, 0.6) is 0 Å². The third kappa shape index (κ3) is 3.69. The van der Waals surface area contributed by atoms with Gasteiger partial charge in [-0.1, -0.05) is 35.9 Å². The van der Waals surface area contributed by atoms with Crippen molar-refractivity contribution >= 4 is 11.6 Å². The van der Waals surface area contributed by atoms with Crippen molar-refractivity contribution in [2.75, 3.05) is 13.1 Å². The quantitative estimate of drug-likeness (QED) is 0.622. The average Bonchev–Trinajstić information content (AvgIpc) is 3.48. The van der Waals surface area contributed by atoms with E-state index in [1.165, 1.54) is 29.5 Å². The van der Waals surface area contributed by atoms with Gasteiger partial charge in [0.25, 0.3) is 0 Å². The number of hydrogen-bond acceptors (Lipinski definition) is 3. The third-order valence-electron chi connectivity index (χ3n) is 6.09. The molecule has 0 radical (unpaired) electrons. The number of imidazole rings is 1. The molecule has 3 aromatic rings. The molecule has 0 spiro atoms. The summed E-state index contributed by atoms with van der Waals surface area (Å²) >= 11 is 6.46. The molecule has 1 saturated carbocycles. The molecule has 146 valence electrons. The van der Waals surface area contributed by atoms with E-state index < -0.39 is 0 Å². The molecule has 0 atom stereocenters. The smallest absolute Gasteiger partial charge is 0.155 e. The highest BCUT2D eigenvalue weighted by Crippen LogP contribution is 2.41. The largest absolute Gasteiger partial charge is 0.340 e. The standard InChI is InChI=1S/C24H23ClN4/c1-15-2-3-17(10-21(15)22-23(25)28-24(27-22)19-8-9-19)12-29-13-20(14-29)18-6-4-16(11-26)5-7-18/h2-7,10,19-20H,8-9,12-14H2,1H3,(H,27,28). The molecule has 2 heterocycles. The Morgan fingerprint density at radius 2 is 1.90 bits per heavy atom. The van der Waals surface area contributed by atoms with Crippen molar-refractivity contribution in [3.8, 4) is 17.3 Å². The van der Waals surface area contributed by atoms with Crippen LogP contribution in [0.1, 0.15) is 52.8 Å². The van der Waals surface area contributed by atoms with Gasteiger partial charge < -0.3 is 4.98 Å². The summed E-state index contributed by atoms with van der Waals surface area (Å²) in [7, 11) is 0. The lowest BCUT2D eigenvalue weighted by atomic mass is 9.90. The van der Waals surface area contributed by atoms with Gasteiger partial charge in [-0.05, 0) is 54.7 Å². The molecule has 0 amide bonds. The van der Waals surface area contributed by atoms with E-state index in [9.17, 15) is 0 Å². The van der Waals surface area contributed by atoms with Gasteiger partial charge in [0.15, 0.2) is 5.15 Å². The number of benzene rings is 2. The molecule has 0 bridgehead atoms. The molecule has 4 nitrogen and oxygen atoms in total. The van der Waals surface area contributed by atoms with Crippen LogP contribution in [0.2, 0.25) is 5.15 Å². The third-order valence-corrected chi connectivity index (χ3v) is 6.36. The molecule has 2 fully saturated rings. The van der Waals surface area contributed by atoms with Crippen molar-refractivity contribution in [1.29, 1.82) is 5.26 Å². The van der Waals surface area contributed by atoms with Crippen molar-refractivity contribution in [3.63, 3.8) is 0 Å². The maximum absolute atomic E-state index is 8.94. The first kappa shape index (κ1) is 18.4. The van der Waals surface area contributed by atoms with Gasteiger partial charge in [-0.25, -0.2) is 4.98 Å². The minimum atomic E-state index is 0.552. The number of aromatic amines is 1. The van der Waals surface area contributed by atoms with E-state index >= 15 is 0 Å². The number of likely N-dealkylation sites (tertiary alicyclic amines) is 1. The second kappa shape index (κ2) is 7.33. The first-order valence-corrected chi connectivity index (χ1v) is 10.6. The van der Waals surface area contributed by atoms with Gasteiger partial charge in [-0.2, -0.15) is 5.26 Å². The Morgan fingerprint density at radius 1 is 1.14 bits per heavy atom. The second-order valence-electron chi connectivity index (χ2n) is 8.34. The van der Waals surface area contributed by atoms with Crippen LogP contribution in [0.15, 0.2) is 42.5 Å². The summed E-state index contributed by atoms with van der Waals surface area (Å²) in [5.41, 5.74) is 6.65.